The number of thioether (sulfide) groups is 1. The van der Waals surface area contributed by atoms with Gasteiger partial charge in [0.15, 0.2) is 23.4 Å². The summed E-state index contributed by atoms with van der Waals surface area (Å²) in [6.45, 7) is 2.23. The fourth-order valence-corrected chi connectivity index (χ4v) is 3.41. The Morgan fingerprint density at radius 2 is 2.11 bits per heavy atom. The maximum absolute atomic E-state index is 10.1. The molecule has 0 spiro atoms. The van der Waals surface area contributed by atoms with Crippen molar-refractivity contribution in [2.75, 3.05) is 18.2 Å². The largest absolute Gasteiger partial charge is 0.503 e. The number of ether oxygens (including phenoxy) is 2. The van der Waals surface area contributed by atoms with Crippen LogP contribution in [0.4, 0.5) is 5.69 Å². The number of rotatable bonds is 4. The van der Waals surface area contributed by atoms with Crippen LogP contribution in [0.2, 0.25) is 5.02 Å². The molecule has 3 aromatic rings. The average molecular weight is 417 g/mol. The maximum atomic E-state index is 10.1. The monoisotopic (exact) mass is 416 g/mol. The quantitative estimate of drug-likeness (QED) is 0.600. The molecule has 9 heteroatoms. The second-order valence-electron chi connectivity index (χ2n) is 5.92. The molecule has 1 aliphatic heterocycles. The zero-order chi connectivity index (χ0) is 19.7. The number of halogens is 1. The first-order valence-electron chi connectivity index (χ1n) is 8.57. The standard InChI is InChI=1S/C19H17ClN4O3S/c1-3-26-14-9-10(8-12(20)16(14)25)17-21-13-7-5-4-6-11(13)15-18(27-17)22-19(28-2)24-23-15/h4-9,17,21,25H,3H2,1-2H3/t17-/m0/s1. The Morgan fingerprint density at radius 1 is 1.29 bits per heavy atom. The molecule has 2 heterocycles. The maximum Gasteiger partial charge on any atom is 0.247 e. The van der Waals surface area contributed by atoms with Crippen LogP contribution in [0.25, 0.3) is 11.3 Å². The number of nitrogens with one attached hydrogen (secondary N) is 1. The lowest BCUT2D eigenvalue weighted by Gasteiger charge is -2.20. The average Bonchev–Trinajstić information content (AvgIpc) is 2.87. The van der Waals surface area contributed by atoms with Crippen LogP contribution in [-0.2, 0) is 0 Å². The van der Waals surface area contributed by atoms with Crippen LogP contribution in [0.3, 0.4) is 0 Å². The van der Waals surface area contributed by atoms with E-state index in [1.807, 2.05) is 37.4 Å². The zero-order valence-electron chi connectivity index (χ0n) is 15.1. The van der Waals surface area contributed by atoms with Crippen molar-refractivity contribution in [2.45, 2.75) is 18.3 Å². The summed E-state index contributed by atoms with van der Waals surface area (Å²) in [5.74, 6) is 0.554. The minimum absolute atomic E-state index is 0.102. The third-order valence-corrected chi connectivity index (χ3v) is 5.00. The lowest BCUT2D eigenvalue weighted by molar-refractivity contribution is 0.224. The Balaban J connectivity index is 1.84. The number of aromatic hydroxyl groups is 1. The zero-order valence-corrected chi connectivity index (χ0v) is 16.7. The molecule has 1 aromatic heterocycles. The van der Waals surface area contributed by atoms with Crippen molar-refractivity contribution in [1.29, 1.82) is 0 Å². The lowest BCUT2D eigenvalue weighted by atomic mass is 10.1. The Morgan fingerprint density at radius 3 is 2.89 bits per heavy atom. The van der Waals surface area contributed by atoms with E-state index in [-0.39, 0.29) is 10.8 Å². The van der Waals surface area contributed by atoms with Crippen LogP contribution in [-0.4, -0.2) is 33.2 Å². The van der Waals surface area contributed by atoms with Gasteiger partial charge in [-0.2, -0.15) is 4.98 Å². The molecule has 1 aliphatic rings. The third kappa shape index (κ3) is 3.41. The molecule has 0 fully saturated rings. The number of hydrogen-bond donors (Lipinski definition) is 2. The highest BCUT2D eigenvalue weighted by atomic mass is 35.5. The van der Waals surface area contributed by atoms with E-state index in [4.69, 9.17) is 21.1 Å². The summed E-state index contributed by atoms with van der Waals surface area (Å²) >= 11 is 7.59. The number of phenols is 1. The van der Waals surface area contributed by atoms with Crippen LogP contribution in [0.1, 0.15) is 18.7 Å². The van der Waals surface area contributed by atoms with Crippen molar-refractivity contribution >= 4 is 29.1 Å². The highest BCUT2D eigenvalue weighted by Crippen LogP contribution is 2.42. The predicted molar refractivity (Wildman–Crippen MR) is 108 cm³/mol. The number of aromatic nitrogens is 3. The Bertz CT molecular complexity index is 1030. The van der Waals surface area contributed by atoms with Gasteiger partial charge in [-0.15, -0.1) is 10.2 Å². The minimum Gasteiger partial charge on any atom is -0.503 e. The molecule has 0 saturated carbocycles. The predicted octanol–water partition coefficient (Wildman–Crippen LogP) is 4.52. The summed E-state index contributed by atoms with van der Waals surface area (Å²) in [6.07, 6.45) is 1.25. The second-order valence-corrected chi connectivity index (χ2v) is 7.10. The molecule has 2 N–H and O–H groups in total. The van der Waals surface area contributed by atoms with Crippen molar-refractivity contribution in [2.24, 2.45) is 0 Å². The van der Waals surface area contributed by atoms with E-state index >= 15 is 0 Å². The number of para-hydroxylation sites is 1. The summed E-state index contributed by atoms with van der Waals surface area (Å²) in [7, 11) is 0. The summed E-state index contributed by atoms with van der Waals surface area (Å²) in [4.78, 5) is 4.48. The molecule has 0 bridgehead atoms. The Labute approximate surface area is 171 Å². The number of hydrogen-bond acceptors (Lipinski definition) is 8. The Hall–Kier alpha value is -2.71. The molecule has 7 nitrogen and oxygen atoms in total. The van der Waals surface area contributed by atoms with E-state index in [1.165, 1.54) is 11.8 Å². The molecule has 0 aliphatic carbocycles. The van der Waals surface area contributed by atoms with Crippen LogP contribution < -0.4 is 14.8 Å². The number of benzene rings is 2. The molecule has 0 unspecified atom stereocenters. The van der Waals surface area contributed by atoms with Gasteiger partial charge in [0.05, 0.1) is 11.6 Å². The first-order chi connectivity index (χ1) is 13.6. The van der Waals surface area contributed by atoms with E-state index in [0.29, 0.717) is 34.7 Å². The SMILES string of the molecule is CCOc1cc([C@H]2Nc3ccccc3-c3nnc(SC)nc3O2)cc(Cl)c1O. The summed E-state index contributed by atoms with van der Waals surface area (Å²) in [5, 5.41) is 22.6. The van der Waals surface area contributed by atoms with E-state index in [9.17, 15) is 5.11 Å². The Kier molecular flexibility index (Phi) is 5.15. The van der Waals surface area contributed by atoms with Crippen molar-refractivity contribution in [3.8, 4) is 28.6 Å². The van der Waals surface area contributed by atoms with E-state index in [1.54, 1.807) is 12.1 Å². The summed E-state index contributed by atoms with van der Waals surface area (Å²) in [5.41, 5.74) is 2.89. The molecule has 144 valence electrons. The van der Waals surface area contributed by atoms with Crippen LogP contribution in [0.5, 0.6) is 17.4 Å². The van der Waals surface area contributed by atoms with E-state index in [0.717, 1.165) is 11.3 Å². The second kappa shape index (κ2) is 7.73. The van der Waals surface area contributed by atoms with Gasteiger partial charge in [0.2, 0.25) is 11.0 Å². The first kappa shape index (κ1) is 18.6. The number of fused-ring (bicyclic) bond motifs is 3. The smallest absolute Gasteiger partial charge is 0.247 e. The fourth-order valence-electron chi connectivity index (χ4n) is 2.90. The van der Waals surface area contributed by atoms with Crippen LogP contribution >= 0.6 is 23.4 Å². The first-order valence-corrected chi connectivity index (χ1v) is 10.2. The topological polar surface area (TPSA) is 89.4 Å². The highest BCUT2D eigenvalue weighted by Gasteiger charge is 2.27. The van der Waals surface area contributed by atoms with Crippen molar-refractivity contribution in [1.82, 2.24) is 15.2 Å². The van der Waals surface area contributed by atoms with E-state index in [2.05, 4.69) is 20.5 Å². The molecule has 4 rings (SSSR count). The number of nitrogens with zero attached hydrogens (tertiary/aromatic N) is 3. The van der Waals surface area contributed by atoms with Gasteiger partial charge >= 0.3 is 0 Å². The van der Waals surface area contributed by atoms with Crippen molar-refractivity contribution < 1.29 is 14.6 Å². The fraction of sp³-hybridized carbons (Fsp3) is 0.211. The molecular formula is C19H17ClN4O3S. The highest BCUT2D eigenvalue weighted by molar-refractivity contribution is 7.98. The van der Waals surface area contributed by atoms with Gasteiger partial charge in [0, 0.05) is 16.8 Å². The van der Waals surface area contributed by atoms with Gasteiger partial charge < -0.3 is 19.9 Å². The number of phenolic OH excluding ortho intramolecular Hbond substituents is 1. The van der Waals surface area contributed by atoms with Gasteiger partial charge in [-0.25, -0.2) is 0 Å². The van der Waals surface area contributed by atoms with Crippen LogP contribution in [0, 0.1) is 0 Å². The van der Waals surface area contributed by atoms with Crippen LogP contribution in [0.15, 0.2) is 41.6 Å². The summed E-state index contributed by atoms with van der Waals surface area (Å²) < 4.78 is 11.7. The molecule has 0 amide bonds. The van der Waals surface area contributed by atoms with Gasteiger partial charge in [-0.1, -0.05) is 41.6 Å². The normalized spacial score (nSPS) is 14.9. The summed E-state index contributed by atoms with van der Waals surface area (Å²) in [6, 6.07) is 11.0. The van der Waals surface area contributed by atoms with E-state index < -0.39 is 6.23 Å². The molecule has 1 atom stereocenters. The number of anilines is 1. The molecule has 28 heavy (non-hydrogen) atoms. The molecule has 0 radical (unpaired) electrons. The molecule has 2 aromatic carbocycles. The molecular weight excluding hydrogens is 400 g/mol. The van der Waals surface area contributed by atoms with Gasteiger partial charge in [0.1, 0.15) is 0 Å². The lowest BCUT2D eigenvalue weighted by Crippen LogP contribution is -2.17. The van der Waals surface area contributed by atoms with Crippen molar-refractivity contribution in [3.63, 3.8) is 0 Å². The minimum atomic E-state index is -0.619. The van der Waals surface area contributed by atoms with Crippen molar-refractivity contribution in [3.05, 3.63) is 47.0 Å². The van der Waals surface area contributed by atoms with Gasteiger partial charge in [-0.3, -0.25) is 0 Å². The third-order valence-electron chi connectivity index (χ3n) is 4.17. The molecule has 0 saturated heterocycles. The van der Waals surface area contributed by atoms with Gasteiger partial charge in [-0.05, 0) is 31.4 Å². The van der Waals surface area contributed by atoms with Gasteiger partial charge in [0.25, 0.3) is 0 Å².